The Balaban J connectivity index is 2.09. The summed E-state index contributed by atoms with van der Waals surface area (Å²) in [6.45, 7) is 3.28. The average molecular weight is 337 g/mol. The Morgan fingerprint density at radius 2 is 2.09 bits per heavy atom. The summed E-state index contributed by atoms with van der Waals surface area (Å²) < 4.78 is 28.0. The van der Waals surface area contributed by atoms with Gasteiger partial charge in [0.05, 0.1) is 12.2 Å². The predicted octanol–water partition coefficient (Wildman–Crippen LogP) is 0.616. The standard InChI is InChI=1S/C14H19N5O3S/c1-9-4-5-11(15)6-13(9)17-14(20)10(2)18-23(21,22)12-7-16-19(3)8-12/h4-8,10,18H,15H2,1-3H3,(H,17,20). The number of nitrogens with zero attached hydrogens (tertiary/aromatic N) is 2. The Morgan fingerprint density at radius 1 is 1.39 bits per heavy atom. The van der Waals surface area contributed by atoms with Crippen molar-refractivity contribution in [1.29, 1.82) is 0 Å². The Hall–Kier alpha value is -2.39. The number of nitrogens with one attached hydrogen (secondary N) is 2. The molecule has 124 valence electrons. The van der Waals surface area contributed by atoms with Crippen LogP contribution in [-0.2, 0) is 21.9 Å². The number of nitrogen functional groups attached to an aromatic ring is 1. The van der Waals surface area contributed by atoms with Crippen LogP contribution in [0.15, 0.2) is 35.5 Å². The summed E-state index contributed by atoms with van der Waals surface area (Å²) in [6.07, 6.45) is 2.57. The highest BCUT2D eigenvalue weighted by Crippen LogP contribution is 2.18. The lowest BCUT2D eigenvalue weighted by molar-refractivity contribution is -0.117. The number of aryl methyl sites for hydroxylation is 2. The molecule has 0 aliphatic rings. The Morgan fingerprint density at radius 3 is 2.70 bits per heavy atom. The quantitative estimate of drug-likeness (QED) is 0.691. The fourth-order valence-corrected chi connectivity index (χ4v) is 3.09. The number of sulfonamides is 1. The van der Waals surface area contributed by atoms with Gasteiger partial charge in [-0.1, -0.05) is 6.07 Å². The van der Waals surface area contributed by atoms with E-state index in [1.807, 2.05) is 6.92 Å². The predicted molar refractivity (Wildman–Crippen MR) is 87.2 cm³/mol. The molecule has 1 unspecified atom stereocenters. The first-order chi connectivity index (χ1) is 10.7. The van der Waals surface area contributed by atoms with Crippen molar-refractivity contribution < 1.29 is 13.2 Å². The van der Waals surface area contributed by atoms with Crippen LogP contribution in [-0.4, -0.2) is 30.1 Å². The van der Waals surface area contributed by atoms with E-state index in [2.05, 4.69) is 15.1 Å². The number of benzene rings is 1. The summed E-state index contributed by atoms with van der Waals surface area (Å²) in [4.78, 5) is 12.2. The Labute approximate surface area is 134 Å². The first-order valence-corrected chi connectivity index (χ1v) is 8.35. The van der Waals surface area contributed by atoms with E-state index in [4.69, 9.17) is 5.73 Å². The van der Waals surface area contributed by atoms with E-state index in [1.165, 1.54) is 24.0 Å². The van der Waals surface area contributed by atoms with E-state index in [0.717, 1.165) is 5.56 Å². The molecule has 0 radical (unpaired) electrons. The molecule has 2 rings (SSSR count). The lowest BCUT2D eigenvalue weighted by Gasteiger charge is -2.15. The van der Waals surface area contributed by atoms with Gasteiger partial charge in [-0.2, -0.15) is 9.82 Å². The number of amides is 1. The Bertz CT molecular complexity index is 829. The number of hydrogen-bond donors (Lipinski definition) is 3. The third-order valence-electron chi connectivity index (χ3n) is 3.24. The molecule has 0 fully saturated rings. The Kier molecular flexibility index (Phi) is 4.71. The van der Waals surface area contributed by atoms with E-state index in [1.54, 1.807) is 25.2 Å². The van der Waals surface area contributed by atoms with Gasteiger partial charge in [0.15, 0.2) is 0 Å². The minimum atomic E-state index is -3.81. The SMILES string of the molecule is Cc1ccc(N)cc1NC(=O)C(C)NS(=O)(=O)c1cnn(C)c1. The zero-order chi connectivity index (χ0) is 17.2. The molecule has 0 bridgehead atoms. The van der Waals surface area contributed by atoms with Crippen molar-refractivity contribution in [2.45, 2.75) is 24.8 Å². The molecule has 0 saturated carbocycles. The fraction of sp³-hybridized carbons (Fsp3) is 0.286. The van der Waals surface area contributed by atoms with Crippen LogP contribution in [0.4, 0.5) is 11.4 Å². The molecule has 1 aromatic heterocycles. The lowest BCUT2D eigenvalue weighted by Crippen LogP contribution is -2.41. The van der Waals surface area contributed by atoms with Gasteiger partial charge in [-0.3, -0.25) is 9.48 Å². The number of anilines is 2. The van der Waals surface area contributed by atoms with Gasteiger partial charge in [0, 0.05) is 24.6 Å². The molecule has 0 saturated heterocycles. The van der Waals surface area contributed by atoms with Crippen molar-refractivity contribution in [2.24, 2.45) is 7.05 Å². The maximum Gasteiger partial charge on any atom is 0.244 e. The summed E-state index contributed by atoms with van der Waals surface area (Å²) in [5.41, 5.74) is 7.57. The topological polar surface area (TPSA) is 119 Å². The molecule has 1 aromatic carbocycles. The molecule has 9 heteroatoms. The highest BCUT2D eigenvalue weighted by molar-refractivity contribution is 7.89. The maximum absolute atomic E-state index is 12.2. The van der Waals surface area contributed by atoms with Crippen molar-refractivity contribution in [1.82, 2.24) is 14.5 Å². The van der Waals surface area contributed by atoms with E-state index >= 15 is 0 Å². The van der Waals surface area contributed by atoms with Crippen molar-refractivity contribution in [2.75, 3.05) is 11.1 Å². The molecule has 0 aliphatic carbocycles. The van der Waals surface area contributed by atoms with Crippen molar-refractivity contribution in [3.63, 3.8) is 0 Å². The van der Waals surface area contributed by atoms with Crippen LogP contribution >= 0.6 is 0 Å². The lowest BCUT2D eigenvalue weighted by atomic mass is 10.1. The monoisotopic (exact) mass is 337 g/mol. The average Bonchev–Trinajstić information content (AvgIpc) is 2.90. The van der Waals surface area contributed by atoms with Crippen molar-refractivity contribution in [3.05, 3.63) is 36.2 Å². The number of hydrogen-bond acceptors (Lipinski definition) is 5. The van der Waals surface area contributed by atoms with Gasteiger partial charge in [0.25, 0.3) is 0 Å². The van der Waals surface area contributed by atoms with Gasteiger partial charge in [-0.15, -0.1) is 0 Å². The van der Waals surface area contributed by atoms with E-state index < -0.39 is 22.0 Å². The van der Waals surface area contributed by atoms with Crippen LogP contribution in [0.25, 0.3) is 0 Å². The second kappa shape index (κ2) is 6.39. The maximum atomic E-state index is 12.2. The molecule has 1 heterocycles. The normalized spacial score (nSPS) is 12.8. The van der Waals surface area contributed by atoms with Crippen molar-refractivity contribution >= 4 is 27.3 Å². The molecular formula is C14H19N5O3S. The molecule has 4 N–H and O–H groups in total. The van der Waals surface area contributed by atoms with Crippen LogP contribution in [0.2, 0.25) is 0 Å². The van der Waals surface area contributed by atoms with Gasteiger partial charge in [-0.25, -0.2) is 8.42 Å². The van der Waals surface area contributed by atoms with Crippen LogP contribution < -0.4 is 15.8 Å². The van der Waals surface area contributed by atoms with Gasteiger partial charge < -0.3 is 11.1 Å². The van der Waals surface area contributed by atoms with E-state index in [9.17, 15) is 13.2 Å². The molecule has 0 aliphatic heterocycles. The minimum Gasteiger partial charge on any atom is -0.399 e. The summed E-state index contributed by atoms with van der Waals surface area (Å²) in [6, 6.07) is 4.16. The number of nitrogens with two attached hydrogens (primary N) is 1. The summed E-state index contributed by atoms with van der Waals surface area (Å²) >= 11 is 0. The number of aromatic nitrogens is 2. The third kappa shape index (κ3) is 4.08. The smallest absolute Gasteiger partial charge is 0.244 e. The fourth-order valence-electron chi connectivity index (χ4n) is 1.91. The van der Waals surface area contributed by atoms with Crippen LogP contribution in [0.1, 0.15) is 12.5 Å². The molecule has 0 spiro atoms. The number of carbonyl (C=O) groups excluding carboxylic acids is 1. The summed E-state index contributed by atoms with van der Waals surface area (Å²) in [5, 5.41) is 6.47. The van der Waals surface area contributed by atoms with E-state index in [-0.39, 0.29) is 4.90 Å². The zero-order valence-corrected chi connectivity index (χ0v) is 13.9. The molecule has 8 nitrogen and oxygen atoms in total. The zero-order valence-electron chi connectivity index (χ0n) is 13.1. The van der Waals surface area contributed by atoms with Crippen molar-refractivity contribution in [3.8, 4) is 0 Å². The van der Waals surface area contributed by atoms with Gasteiger partial charge in [0.2, 0.25) is 15.9 Å². The van der Waals surface area contributed by atoms with Crippen LogP contribution in [0, 0.1) is 6.92 Å². The highest BCUT2D eigenvalue weighted by Gasteiger charge is 2.23. The number of rotatable bonds is 5. The van der Waals surface area contributed by atoms with Crippen LogP contribution in [0.3, 0.4) is 0 Å². The minimum absolute atomic E-state index is 0.000198. The second-order valence-electron chi connectivity index (χ2n) is 5.26. The first-order valence-electron chi connectivity index (χ1n) is 6.87. The summed E-state index contributed by atoms with van der Waals surface area (Å²) in [5.74, 6) is -0.480. The third-order valence-corrected chi connectivity index (χ3v) is 4.73. The van der Waals surface area contributed by atoms with Gasteiger partial charge in [0.1, 0.15) is 4.90 Å². The molecular weight excluding hydrogens is 318 g/mol. The first kappa shape index (κ1) is 17.0. The highest BCUT2D eigenvalue weighted by atomic mass is 32.2. The molecule has 2 aromatic rings. The van der Waals surface area contributed by atoms with Gasteiger partial charge >= 0.3 is 0 Å². The summed E-state index contributed by atoms with van der Waals surface area (Å²) in [7, 11) is -2.20. The number of carbonyl (C=O) groups is 1. The molecule has 23 heavy (non-hydrogen) atoms. The van der Waals surface area contributed by atoms with Gasteiger partial charge in [-0.05, 0) is 31.5 Å². The van der Waals surface area contributed by atoms with Crippen LogP contribution in [0.5, 0.6) is 0 Å². The molecule has 1 atom stereocenters. The largest absolute Gasteiger partial charge is 0.399 e. The second-order valence-corrected chi connectivity index (χ2v) is 6.97. The van der Waals surface area contributed by atoms with E-state index in [0.29, 0.717) is 11.4 Å². The molecule has 1 amide bonds.